The second-order valence-electron chi connectivity index (χ2n) is 10.4. The highest BCUT2D eigenvalue weighted by atomic mass is 32.2. The van der Waals surface area contributed by atoms with Gasteiger partial charge in [0.25, 0.3) is 5.91 Å². The van der Waals surface area contributed by atoms with E-state index in [0.717, 1.165) is 18.4 Å². The van der Waals surface area contributed by atoms with Crippen molar-refractivity contribution in [3.63, 3.8) is 0 Å². The number of likely N-dealkylation sites (tertiary alicyclic amines) is 1. The van der Waals surface area contributed by atoms with E-state index in [9.17, 15) is 17.6 Å². The van der Waals surface area contributed by atoms with Crippen molar-refractivity contribution in [2.45, 2.75) is 61.7 Å². The van der Waals surface area contributed by atoms with E-state index in [1.807, 2.05) is 30.3 Å². The van der Waals surface area contributed by atoms with Gasteiger partial charge in [-0.2, -0.15) is 0 Å². The molecule has 2 aromatic carbocycles. The smallest absolute Gasteiger partial charge is 0.252 e. The molecule has 2 aromatic rings. The molecule has 2 aliphatic heterocycles. The minimum absolute atomic E-state index is 0.0287. The van der Waals surface area contributed by atoms with Gasteiger partial charge in [0.1, 0.15) is 11.9 Å². The van der Waals surface area contributed by atoms with E-state index < -0.39 is 44.4 Å². The normalized spacial score (nSPS) is 28.1. The Morgan fingerprint density at radius 2 is 1.80 bits per heavy atom. The number of amides is 1. The molecule has 2 saturated carbocycles. The van der Waals surface area contributed by atoms with Crippen molar-refractivity contribution < 1.29 is 26.7 Å². The van der Waals surface area contributed by atoms with Crippen LogP contribution in [0.15, 0.2) is 48.5 Å². The number of carbonyl (C=O) groups excluding carboxylic acids is 1. The van der Waals surface area contributed by atoms with Crippen LogP contribution >= 0.6 is 0 Å². The van der Waals surface area contributed by atoms with Gasteiger partial charge >= 0.3 is 0 Å². The van der Waals surface area contributed by atoms with Gasteiger partial charge in [-0.1, -0.05) is 48.5 Å². The van der Waals surface area contributed by atoms with E-state index in [-0.39, 0.29) is 25.2 Å². The Hall–Kier alpha value is -2.36. The number of alkyl halides is 1. The number of carbonyl (C=O) groups is 1. The third-order valence-corrected chi connectivity index (χ3v) is 10.0. The van der Waals surface area contributed by atoms with Gasteiger partial charge in [0, 0.05) is 42.8 Å². The van der Waals surface area contributed by atoms with E-state index in [2.05, 4.69) is 4.72 Å². The average Bonchev–Trinajstić information content (AvgIpc) is 3.72. The molecule has 0 bridgehead atoms. The van der Waals surface area contributed by atoms with Crippen LogP contribution in [-0.4, -0.2) is 55.6 Å². The van der Waals surface area contributed by atoms with E-state index >= 15 is 4.39 Å². The van der Waals surface area contributed by atoms with E-state index in [1.165, 1.54) is 0 Å². The van der Waals surface area contributed by atoms with Gasteiger partial charge in [-0.15, -0.1) is 0 Å². The van der Waals surface area contributed by atoms with Gasteiger partial charge in [-0.25, -0.2) is 21.9 Å². The summed E-state index contributed by atoms with van der Waals surface area (Å²) in [6.45, 7) is 0.872. The van der Waals surface area contributed by atoms with Crippen molar-refractivity contribution in [1.29, 1.82) is 0 Å². The summed E-state index contributed by atoms with van der Waals surface area (Å²) < 4.78 is 64.3. The molecule has 186 valence electrons. The number of nitrogens with zero attached hydrogens (tertiary/aromatic N) is 1. The van der Waals surface area contributed by atoms with Crippen LogP contribution in [0.5, 0.6) is 0 Å². The predicted molar refractivity (Wildman–Crippen MR) is 126 cm³/mol. The maximum Gasteiger partial charge on any atom is 0.252 e. The van der Waals surface area contributed by atoms with E-state index in [1.54, 1.807) is 23.1 Å². The molecule has 1 spiro atoms. The van der Waals surface area contributed by atoms with Crippen molar-refractivity contribution in [2.75, 3.05) is 13.2 Å². The largest absolute Gasteiger partial charge is 0.368 e. The Labute approximate surface area is 203 Å². The summed E-state index contributed by atoms with van der Waals surface area (Å²) in [6.07, 6.45) is 1.59. The third-order valence-electron chi connectivity index (χ3n) is 8.08. The number of halogens is 2. The minimum Gasteiger partial charge on any atom is -0.368 e. The van der Waals surface area contributed by atoms with E-state index in [4.69, 9.17) is 4.74 Å². The van der Waals surface area contributed by atoms with Crippen LogP contribution < -0.4 is 4.72 Å². The highest BCUT2D eigenvalue weighted by Gasteiger charge is 2.65. The van der Waals surface area contributed by atoms with Crippen molar-refractivity contribution in [2.24, 2.45) is 5.41 Å². The molecule has 0 aromatic heterocycles. The van der Waals surface area contributed by atoms with Crippen LogP contribution in [-0.2, 0) is 26.0 Å². The molecule has 3 atom stereocenters. The fourth-order valence-corrected chi connectivity index (χ4v) is 7.10. The summed E-state index contributed by atoms with van der Waals surface area (Å²) in [5, 5.41) is -2.25. The standard InChI is InChI=1S/C26H28F2N2O4S/c27-22-18(7-4-8-19(22)17-5-2-1-3-6-17)15-20-23(29-35(32,33)26(28)12-13-26)25(10-11-25)16-30(20)24(31)21-9-14-34-21/h1-8,20-21,23,29H,9-16H2/t20-,21+,23+/m0/s1. The summed E-state index contributed by atoms with van der Waals surface area (Å²) in [5.41, 5.74) is 1.13. The molecule has 0 radical (unpaired) electrons. The first-order valence-electron chi connectivity index (χ1n) is 12.2. The van der Waals surface area contributed by atoms with Crippen LogP contribution in [0.4, 0.5) is 8.78 Å². The first-order valence-corrected chi connectivity index (χ1v) is 13.7. The zero-order valence-electron chi connectivity index (χ0n) is 19.3. The Bertz CT molecular complexity index is 1260. The lowest BCUT2D eigenvalue weighted by atomic mass is 9.91. The highest BCUT2D eigenvalue weighted by molar-refractivity contribution is 7.91. The minimum atomic E-state index is -4.23. The van der Waals surface area contributed by atoms with Crippen LogP contribution in [0.3, 0.4) is 0 Å². The first-order chi connectivity index (χ1) is 16.7. The van der Waals surface area contributed by atoms with Crippen molar-refractivity contribution in [3.8, 4) is 11.1 Å². The molecule has 0 unspecified atom stereocenters. The molecule has 2 heterocycles. The lowest BCUT2D eigenvalue weighted by molar-refractivity contribution is -0.157. The average molecular weight is 503 g/mol. The molecule has 2 saturated heterocycles. The van der Waals surface area contributed by atoms with Crippen molar-refractivity contribution in [3.05, 3.63) is 59.9 Å². The summed E-state index contributed by atoms with van der Waals surface area (Å²) in [5.74, 6) is -0.594. The maximum absolute atomic E-state index is 15.7. The molecule has 6 nitrogen and oxygen atoms in total. The van der Waals surface area contributed by atoms with Crippen LogP contribution in [0.2, 0.25) is 0 Å². The van der Waals surface area contributed by atoms with Crippen molar-refractivity contribution >= 4 is 15.9 Å². The number of benzene rings is 2. The first kappa shape index (κ1) is 23.1. The number of hydrogen-bond acceptors (Lipinski definition) is 4. The second-order valence-corrected chi connectivity index (χ2v) is 12.3. The molecular formula is C26H28F2N2O4S. The Morgan fingerprint density at radius 3 is 2.40 bits per heavy atom. The molecule has 6 rings (SSSR count). The quantitative estimate of drug-likeness (QED) is 0.628. The van der Waals surface area contributed by atoms with Crippen molar-refractivity contribution in [1.82, 2.24) is 9.62 Å². The van der Waals surface area contributed by atoms with Gasteiger partial charge in [0.15, 0.2) is 0 Å². The predicted octanol–water partition coefficient (Wildman–Crippen LogP) is 3.56. The van der Waals surface area contributed by atoms with Crippen LogP contribution in [0.25, 0.3) is 11.1 Å². The summed E-state index contributed by atoms with van der Waals surface area (Å²) in [4.78, 5) is 15.0. The van der Waals surface area contributed by atoms with Gasteiger partial charge in [0.2, 0.25) is 15.0 Å². The van der Waals surface area contributed by atoms with Gasteiger partial charge in [0.05, 0.1) is 12.6 Å². The molecule has 4 aliphatic rings. The molecule has 1 amide bonds. The summed E-state index contributed by atoms with van der Waals surface area (Å²) in [6, 6.07) is 13.0. The number of sulfonamides is 1. The molecule has 9 heteroatoms. The monoisotopic (exact) mass is 502 g/mol. The Balaban J connectivity index is 1.36. The third kappa shape index (κ3) is 3.88. The summed E-state index contributed by atoms with van der Waals surface area (Å²) >= 11 is 0. The topological polar surface area (TPSA) is 75.7 Å². The second kappa shape index (κ2) is 8.08. The molecule has 2 aliphatic carbocycles. The van der Waals surface area contributed by atoms with Gasteiger partial charge in [-0.05, 0) is 30.4 Å². The number of nitrogens with one attached hydrogen (secondary N) is 1. The SMILES string of the molecule is O=C([C@H]1CCO1)N1CC2(CC2)[C@H](NS(=O)(=O)C2(F)CC2)[C@@H]1Cc1cccc(-c2ccccc2)c1F. The molecule has 1 N–H and O–H groups in total. The Morgan fingerprint density at radius 1 is 1.09 bits per heavy atom. The van der Waals surface area contributed by atoms with Gasteiger partial charge < -0.3 is 9.64 Å². The number of rotatable bonds is 7. The molecular weight excluding hydrogens is 474 g/mol. The van der Waals surface area contributed by atoms with Crippen LogP contribution in [0, 0.1) is 11.2 Å². The fraction of sp³-hybridized carbons (Fsp3) is 0.500. The lowest BCUT2D eigenvalue weighted by Crippen LogP contribution is -2.54. The van der Waals surface area contributed by atoms with Gasteiger partial charge in [-0.3, -0.25) is 4.79 Å². The molecule has 4 fully saturated rings. The summed E-state index contributed by atoms with van der Waals surface area (Å²) in [7, 11) is -4.23. The van der Waals surface area contributed by atoms with Crippen LogP contribution in [0.1, 0.15) is 37.7 Å². The number of ether oxygens (including phenoxy) is 1. The van der Waals surface area contributed by atoms with E-state index in [0.29, 0.717) is 30.7 Å². The fourth-order valence-electron chi connectivity index (χ4n) is 5.50. The molecule has 35 heavy (non-hydrogen) atoms. The highest BCUT2D eigenvalue weighted by Crippen LogP contribution is 2.57. The Kier molecular flexibility index (Phi) is 5.32. The number of hydrogen-bond donors (Lipinski definition) is 1. The maximum atomic E-state index is 15.7. The zero-order chi connectivity index (χ0) is 24.4. The lowest BCUT2D eigenvalue weighted by Gasteiger charge is -2.34. The zero-order valence-corrected chi connectivity index (χ0v) is 20.1.